The Hall–Kier alpha value is -1.36. The molecule has 1 fully saturated rings. The van der Waals surface area contributed by atoms with Crippen LogP contribution >= 0.6 is 0 Å². The molecule has 0 atom stereocenters. The predicted octanol–water partition coefficient (Wildman–Crippen LogP) is 1.01. The Morgan fingerprint density at radius 2 is 2.22 bits per heavy atom. The first kappa shape index (κ1) is 13.1. The van der Waals surface area contributed by atoms with Gasteiger partial charge in [0.1, 0.15) is 5.69 Å². The van der Waals surface area contributed by atoms with Gasteiger partial charge in [0.05, 0.1) is 6.61 Å². The van der Waals surface area contributed by atoms with Gasteiger partial charge in [-0.25, -0.2) is 0 Å². The van der Waals surface area contributed by atoms with Gasteiger partial charge in [-0.2, -0.15) is 5.10 Å². The van der Waals surface area contributed by atoms with Crippen molar-refractivity contribution in [3.8, 4) is 0 Å². The molecule has 0 radical (unpaired) electrons. The number of carbonyl (C=O) groups excluding carboxylic acids is 1. The number of amides is 1. The minimum absolute atomic E-state index is 0.112. The number of nitrogens with one attached hydrogen (secondary N) is 1. The summed E-state index contributed by atoms with van der Waals surface area (Å²) >= 11 is 0. The normalized spacial score (nSPS) is 17.9. The Balaban J connectivity index is 1.95. The summed E-state index contributed by atoms with van der Waals surface area (Å²) in [6.07, 6.45) is 4.26. The molecule has 5 heteroatoms. The van der Waals surface area contributed by atoms with Gasteiger partial charge in [-0.05, 0) is 25.8 Å². The van der Waals surface area contributed by atoms with Crippen LogP contribution in [-0.2, 0) is 7.05 Å². The SMILES string of the molecule is Cc1cc(C(=O)NCC2(CO)CCCC2)nn1C. The monoisotopic (exact) mass is 251 g/mol. The number of rotatable bonds is 4. The van der Waals surface area contributed by atoms with Crippen LogP contribution in [0.1, 0.15) is 41.9 Å². The Morgan fingerprint density at radius 3 is 2.72 bits per heavy atom. The lowest BCUT2D eigenvalue weighted by Gasteiger charge is -2.26. The van der Waals surface area contributed by atoms with Crippen LogP contribution in [0, 0.1) is 12.3 Å². The van der Waals surface area contributed by atoms with Gasteiger partial charge < -0.3 is 10.4 Å². The van der Waals surface area contributed by atoms with E-state index in [-0.39, 0.29) is 17.9 Å². The summed E-state index contributed by atoms with van der Waals surface area (Å²) in [6, 6.07) is 1.77. The van der Waals surface area contributed by atoms with Gasteiger partial charge in [0.15, 0.2) is 0 Å². The number of carbonyl (C=O) groups is 1. The van der Waals surface area contributed by atoms with Crippen molar-refractivity contribution in [1.29, 1.82) is 0 Å². The molecule has 1 saturated carbocycles. The van der Waals surface area contributed by atoms with E-state index in [1.807, 2.05) is 14.0 Å². The van der Waals surface area contributed by atoms with Crippen LogP contribution in [0.25, 0.3) is 0 Å². The van der Waals surface area contributed by atoms with Crippen molar-refractivity contribution in [2.24, 2.45) is 12.5 Å². The molecule has 1 aromatic rings. The average molecular weight is 251 g/mol. The smallest absolute Gasteiger partial charge is 0.271 e. The second kappa shape index (κ2) is 5.10. The summed E-state index contributed by atoms with van der Waals surface area (Å²) in [4.78, 5) is 12.0. The molecule has 5 nitrogen and oxygen atoms in total. The molecular formula is C13H21N3O2. The molecule has 2 N–H and O–H groups in total. The molecular weight excluding hydrogens is 230 g/mol. The van der Waals surface area contributed by atoms with E-state index in [1.165, 1.54) is 0 Å². The van der Waals surface area contributed by atoms with Gasteiger partial charge in [0.2, 0.25) is 0 Å². The van der Waals surface area contributed by atoms with E-state index in [2.05, 4.69) is 10.4 Å². The van der Waals surface area contributed by atoms with Gasteiger partial charge in [0.25, 0.3) is 5.91 Å². The van der Waals surface area contributed by atoms with Crippen LogP contribution in [0.15, 0.2) is 6.07 Å². The highest BCUT2D eigenvalue weighted by atomic mass is 16.3. The molecule has 2 rings (SSSR count). The molecule has 1 heterocycles. The van der Waals surface area contributed by atoms with Crippen LogP contribution in [0.2, 0.25) is 0 Å². The predicted molar refractivity (Wildman–Crippen MR) is 68.3 cm³/mol. The minimum Gasteiger partial charge on any atom is -0.396 e. The van der Waals surface area contributed by atoms with Crippen LogP contribution in [0.5, 0.6) is 0 Å². The Morgan fingerprint density at radius 1 is 1.56 bits per heavy atom. The van der Waals surface area contributed by atoms with E-state index in [4.69, 9.17) is 0 Å². The van der Waals surface area contributed by atoms with Gasteiger partial charge in [-0.15, -0.1) is 0 Å². The summed E-state index contributed by atoms with van der Waals surface area (Å²) in [7, 11) is 1.82. The third-order valence-electron chi connectivity index (χ3n) is 3.97. The molecule has 0 bridgehead atoms. The third kappa shape index (κ3) is 2.56. The number of aryl methyl sites for hydroxylation is 2. The molecule has 1 aliphatic rings. The van der Waals surface area contributed by atoms with Crippen LogP contribution in [0.3, 0.4) is 0 Å². The summed E-state index contributed by atoms with van der Waals surface area (Å²) < 4.78 is 1.69. The standard InChI is InChI=1S/C13H21N3O2/c1-10-7-11(15-16(10)2)12(18)14-8-13(9-17)5-3-4-6-13/h7,17H,3-6,8-9H2,1-2H3,(H,14,18). The van der Waals surface area contributed by atoms with Crippen molar-refractivity contribution < 1.29 is 9.90 Å². The fourth-order valence-electron chi connectivity index (χ4n) is 2.55. The van der Waals surface area contributed by atoms with Crippen molar-refractivity contribution in [2.45, 2.75) is 32.6 Å². The number of nitrogens with zero attached hydrogens (tertiary/aromatic N) is 2. The summed E-state index contributed by atoms with van der Waals surface area (Å²) in [6.45, 7) is 2.60. The largest absolute Gasteiger partial charge is 0.396 e. The molecule has 0 aromatic carbocycles. The van der Waals surface area contributed by atoms with Gasteiger partial charge >= 0.3 is 0 Å². The molecule has 1 aromatic heterocycles. The number of aliphatic hydroxyl groups is 1. The number of hydrogen-bond acceptors (Lipinski definition) is 3. The zero-order valence-corrected chi connectivity index (χ0v) is 11.1. The Labute approximate surface area is 107 Å². The van der Waals surface area contributed by atoms with Crippen molar-refractivity contribution in [3.05, 3.63) is 17.5 Å². The Bertz CT molecular complexity index is 414. The van der Waals surface area contributed by atoms with Crippen LogP contribution < -0.4 is 5.32 Å². The van der Waals surface area contributed by atoms with E-state index in [0.29, 0.717) is 12.2 Å². The van der Waals surface area contributed by atoms with E-state index in [1.54, 1.807) is 10.7 Å². The maximum atomic E-state index is 12.0. The number of aromatic nitrogens is 2. The van der Waals surface area contributed by atoms with Crippen LogP contribution in [-0.4, -0.2) is 33.9 Å². The fourth-order valence-corrected chi connectivity index (χ4v) is 2.55. The second-order valence-corrected chi connectivity index (χ2v) is 5.34. The Kier molecular flexibility index (Phi) is 3.71. The first-order chi connectivity index (χ1) is 8.56. The highest BCUT2D eigenvalue weighted by molar-refractivity contribution is 5.92. The highest BCUT2D eigenvalue weighted by Crippen LogP contribution is 2.36. The molecule has 0 aliphatic heterocycles. The topological polar surface area (TPSA) is 67.2 Å². The third-order valence-corrected chi connectivity index (χ3v) is 3.97. The van der Waals surface area contributed by atoms with Crippen molar-refractivity contribution in [1.82, 2.24) is 15.1 Å². The number of aliphatic hydroxyl groups excluding tert-OH is 1. The average Bonchev–Trinajstić information content (AvgIpc) is 2.95. The van der Waals surface area contributed by atoms with E-state index < -0.39 is 0 Å². The van der Waals surface area contributed by atoms with Gasteiger partial charge in [-0.1, -0.05) is 12.8 Å². The first-order valence-corrected chi connectivity index (χ1v) is 6.46. The molecule has 1 aliphatic carbocycles. The summed E-state index contributed by atoms with van der Waals surface area (Å²) in [5.41, 5.74) is 1.29. The summed E-state index contributed by atoms with van der Waals surface area (Å²) in [5, 5.41) is 16.5. The van der Waals surface area contributed by atoms with E-state index >= 15 is 0 Å². The van der Waals surface area contributed by atoms with Crippen molar-refractivity contribution in [2.75, 3.05) is 13.2 Å². The van der Waals surface area contributed by atoms with Crippen LogP contribution in [0.4, 0.5) is 0 Å². The highest BCUT2D eigenvalue weighted by Gasteiger charge is 2.33. The zero-order valence-electron chi connectivity index (χ0n) is 11.1. The molecule has 18 heavy (non-hydrogen) atoms. The maximum Gasteiger partial charge on any atom is 0.271 e. The fraction of sp³-hybridized carbons (Fsp3) is 0.692. The first-order valence-electron chi connectivity index (χ1n) is 6.46. The van der Waals surface area contributed by atoms with E-state index in [0.717, 1.165) is 31.4 Å². The van der Waals surface area contributed by atoms with Gasteiger partial charge in [-0.3, -0.25) is 9.48 Å². The molecule has 0 saturated heterocycles. The lowest BCUT2D eigenvalue weighted by molar-refractivity contribution is 0.0875. The molecule has 0 spiro atoms. The second-order valence-electron chi connectivity index (χ2n) is 5.34. The molecule has 1 amide bonds. The quantitative estimate of drug-likeness (QED) is 0.839. The summed E-state index contributed by atoms with van der Waals surface area (Å²) in [5.74, 6) is -0.154. The van der Waals surface area contributed by atoms with Gasteiger partial charge in [0, 0.05) is 24.7 Å². The maximum absolute atomic E-state index is 12.0. The van der Waals surface area contributed by atoms with Crippen molar-refractivity contribution >= 4 is 5.91 Å². The van der Waals surface area contributed by atoms with E-state index in [9.17, 15) is 9.90 Å². The lowest BCUT2D eigenvalue weighted by Crippen LogP contribution is -2.38. The number of hydrogen-bond donors (Lipinski definition) is 2. The molecule has 0 unspecified atom stereocenters. The lowest BCUT2D eigenvalue weighted by atomic mass is 9.87. The molecule has 100 valence electrons. The minimum atomic E-state index is -0.154. The van der Waals surface area contributed by atoms with Crippen molar-refractivity contribution in [3.63, 3.8) is 0 Å². The zero-order chi connectivity index (χ0) is 13.2.